The third-order valence-electron chi connectivity index (χ3n) is 12.1. The van der Waals surface area contributed by atoms with E-state index in [1.165, 1.54) is 30.3 Å². The van der Waals surface area contributed by atoms with Crippen molar-refractivity contribution in [3.05, 3.63) is 82.4 Å². The molecule has 23 nitrogen and oxygen atoms in total. The summed E-state index contributed by atoms with van der Waals surface area (Å²) in [6.45, 7) is 5.50. The van der Waals surface area contributed by atoms with E-state index in [9.17, 15) is 48.2 Å². The molecule has 5 unspecified atom stereocenters. The number of phenols is 2. The van der Waals surface area contributed by atoms with Gasteiger partial charge in [0.2, 0.25) is 0 Å². The Bertz CT molecular complexity index is 2320. The minimum absolute atomic E-state index is 0.0240. The molecule has 2 heterocycles. The van der Waals surface area contributed by atoms with Crippen LogP contribution >= 0.6 is 23.9 Å². The molecule has 74 heavy (non-hydrogen) atoms. The van der Waals surface area contributed by atoms with Crippen molar-refractivity contribution in [1.29, 1.82) is 0 Å². The van der Waals surface area contributed by atoms with Crippen LogP contribution in [-0.4, -0.2) is 142 Å². The zero-order chi connectivity index (χ0) is 53.6. The molecule has 1 spiro atoms. The van der Waals surface area contributed by atoms with Gasteiger partial charge in [0.05, 0.1) is 78.2 Å². The average molecular weight is 1110 g/mol. The van der Waals surface area contributed by atoms with Crippen LogP contribution < -0.4 is 15.4 Å². The van der Waals surface area contributed by atoms with Gasteiger partial charge in [0.15, 0.2) is 5.60 Å². The largest absolute Gasteiger partial charge is 0.508 e. The normalized spacial score (nSPS) is 16.3. The minimum atomic E-state index is -4.86. The number of hydrogen-bond acceptors (Lipinski definition) is 19. The first-order chi connectivity index (χ1) is 35.5. The van der Waals surface area contributed by atoms with Gasteiger partial charge in [0.25, 0.3) is 5.91 Å². The Kier molecular flexibility index (Phi) is 25.4. The van der Waals surface area contributed by atoms with Gasteiger partial charge in [-0.05, 0) is 81.6 Å². The SMILES string of the molecule is CCC(CC)CCOP(=O)(O)OCC(CCCCNC(=O)c1ccc2c(c1)C(=O)OC21c2ccc(O)cc2Oc2cc(O)ccc21)COP(=O)(O)OCC(COCCOCCOCCOCCCNC)O[PH](=O)O. The standard InChI is InChI=1S/C48H71N2O21P3/c1-4-34(5-2)16-20-65-73(57,58)66-30-35(31-67-74(59,60)68-33-39(71-72(55)56)32-64-26-25-63-24-23-62-22-21-61-19-8-17-49-3)9-6-7-18-50-46(53)36-10-13-41-40(27-36)47(54)70-48(41)42-14-11-37(51)28-44(42)69-45-29-38(52)12-15-43(45)48/h10-15,27-29,34-35,39,49,51-52,72H,4-9,16-26,30-33H2,1-3H3,(H,50,53)(H,55,56)(H,57,58)(H,59,60). The van der Waals surface area contributed by atoms with Crippen molar-refractivity contribution in [1.82, 2.24) is 10.6 Å². The number of aromatic hydroxyl groups is 2. The molecule has 414 valence electrons. The fourth-order valence-corrected chi connectivity index (χ4v) is 10.1. The van der Waals surface area contributed by atoms with E-state index in [4.69, 9.17) is 51.0 Å². The van der Waals surface area contributed by atoms with Crippen LogP contribution in [0.25, 0.3) is 0 Å². The lowest BCUT2D eigenvalue weighted by Gasteiger charge is -2.36. The maximum absolute atomic E-state index is 13.6. The van der Waals surface area contributed by atoms with Crippen LogP contribution in [-0.2, 0) is 65.6 Å². The molecule has 2 aliphatic rings. The quantitative estimate of drug-likeness (QED) is 0.0178. The number of unbranched alkanes of at least 4 members (excludes halogenated alkanes) is 1. The number of fused-ring (bicyclic) bond motifs is 6. The topological polar surface area (TPSA) is 312 Å². The summed E-state index contributed by atoms with van der Waals surface area (Å²) in [6, 6.07) is 13.3. The first kappa shape index (κ1) is 61.0. The number of benzene rings is 3. The van der Waals surface area contributed by atoms with Gasteiger partial charge in [-0.15, -0.1) is 0 Å². The van der Waals surface area contributed by atoms with Gasteiger partial charge >= 0.3 is 29.9 Å². The average Bonchev–Trinajstić information content (AvgIpc) is 3.65. The highest BCUT2D eigenvalue weighted by molar-refractivity contribution is 7.47. The summed E-state index contributed by atoms with van der Waals surface area (Å²) in [7, 11) is -11.0. The number of nitrogens with one attached hydrogen (secondary N) is 2. The first-order valence-electron chi connectivity index (χ1n) is 24.6. The molecule has 0 radical (unpaired) electrons. The van der Waals surface area contributed by atoms with Crippen molar-refractivity contribution >= 4 is 35.8 Å². The Hall–Kier alpha value is -3.83. The molecule has 0 aliphatic carbocycles. The molecule has 26 heteroatoms. The Labute approximate surface area is 431 Å². The maximum Gasteiger partial charge on any atom is 0.472 e. The van der Waals surface area contributed by atoms with Crippen LogP contribution in [0.15, 0.2) is 54.6 Å². The van der Waals surface area contributed by atoms with Crippen LogP contribution in [0.5, 0.6) is 23.0 Å². The predicted octanol–water partition coefficient (Wildman–Crippen LogP) is 6.72. The summed E-state index contributed by atoms with van der Waals surface area (Å²) in [5.41, 5.74) is 0.0647. The van der Waals surface area contributed by atoms with E-state index in [0.29, 0.717) is 62.4 Å². The second kappa shape index (κ2) is 30.8. The molecule has 0 saturated heterocycles. The number of amides is 1. The number of carbonyl (C=O) groups excluding carboxylic acids is 2. The summed E-state index contributed by atoms with van der Waals surface area (Å²) in [4.78, 5) is 57.5. The van der Waals surface area contributed by atoms with Crippen LogP contribution in [0.4, 0.5) is 0 Å². The fourth-order valence-electron chi connectivity index (χ4n) is 8.09. The van der Waals surface area contributed by atoms with E-state index in [1.54, 1.807) is 24.3 Å². The van der Waals surface area contributed by atoms with Crippen molar-refractivity contribution in [2.24, 2.45) is 11.8 Å². The van der Waals surface area contributed by atoms with Gasteiger partial charge in [-0.2, -0.15) is 0 Å². The van der Waals surface area contributed by atoms with Crippen LogP contribution in [0.3, 0.4) is 0 Å². The van der Waals surface area contributed by atoms with Crippen molar-refractivity contribution in [2.75, 3.05) is 99.4 Å². The van der Waals surface area contributed by atoms with Crippen LogP contribution in [0.2, 0.25) is 0 Å². The molecular weight excluding hydrogens is 1030 g/mol. The smallest absolute Gasteiger partial charge is 0.472 e. The zero-order valence-corrected chi connectivity index (χ0v) is 44.7. The van der Waals surface area contributed by atoms with Crippen molar-refractivity contribution < 1.29 is 99.2 Å². The second-order valence-corrected chi connectivity index (χ2v) is 21.1. The third-order valence-corrected chi connectivity index (χ3v) is 14.5. The van der Waals surface area contributed by atoms with Gasteiger partial charge in [-0.1, -0.05) is 39.2 Å². The highest BCUT2D eigenvalue weighted by Crippen LogP contribution is 2.57. The zero-order valence-electron chi connectivity index (χ0n) is 41.9. The number of rotatable bonds is 38. The van der Waals surface area contributed by atoms with Gasteiger partial charge in [-0.3, -0.25) is 27.5 Å². The van der Waals surface area contributed by atoms with Gasteiger partial charge in [0, 0.05) is 53.5 Å². The van der Waals surface area contributed by atoms with E-state index < -0.39 is 73.2 Å². The Morgan fingerprint density at radius 2 is 1.24 bits per heavy atom. The van der Waals surface area contributed by atoms with Crippen molar-refractivity contribution in [3.63, 3.8) is 0 Å². The Morgan fingerprint density at radius 3 is 1.84 bits per heavy atom. The van der Waals surface area contributed by atoms with Crippen molar-refractivity contribution in [2.45, 2.75) is 70.5 Å². The Morgan fingerprint density at radius 1 is 0.676 bits per heavy atom. The molecular formula is C48H71N2O21P3. The second-order valence-electron chi connectivity index (χ2n) is 17.4. The maximum atomic E-state index is 13.6. The lowest BCUT2D eigenvalue weighted by molar-refractivity contribution is -0.0222. The first-order valence-corrected chi connectivity index (χ1v) is 28.9. The molecule has 3 aromatic carbocycles. The van der Waals surface area contributed by atoms with Gasteiger partial charge in [-0.25, -0.2) is 13.9 Å². The summed E-state index contributed by atoms with van der Waals surface area (Å²) in [5, 5.41) is 26.3. The molecule has 5 rings (SSSR count). The molecule has 3 aromatic rings. The predicted molar refractivity (Wildman–Crippen MR) is 268 cm³/mol. The lowest BCUT2D eigenvalue weighted by Crippen LogP contribution is -2.33. The number of ether oxygens (including phenoxy) is 6. The molecule has 0 fully saturated rings. The number of phosphoric ester groups is 2. The number of hydrogen-bond donors (Lipinski definition) is 7. The van der Waals surface area contributed by atoms with Gasteiger partial charge in [0.1, 0.15) is 29.1 Å². The van der Waals surface area contributed by atoms with E-state index in [1.807, 2.05) is 20.9 Å². The van der Waals surface area contributed by atoms with Crippen LogP contribution in [0, 0.1) is 11.8 Å². The van der Waals surface area contributed by atoms with E-state index in [-0.39, 0.29) is 86.0 Å². The molecule has 1 amide bonds. The molecule has 7 N–H and O–H groups in total. The van der Waals surface area contributed by atoms with Crippen molar-refractivity contribution in [3.8, 4) is 23.0 Å². The highest BCUT2D eigenvalue weighted by Gasteiger charge is 2.54. The number of carbonyl (C=O) groups is 2. The lowest BCUT2D eigenvalue weighted by atomic mass is 9.77. The fraction of sp³-hybridized carbons (Fsp3) is 0.583. The van der Waals surface area contributed by atoms with E-state index in [0.717, 1.165) is 25.8 Å². The molecule has 0 saturated carbocycles. The minimum Gasteiger partial charge on any atom is -0.508 e. The van der Waals surface area contributed by atoms with E-state index in [2.05, 4.69) is 10.6 Å². The molecule has 2 aliphatic heterocycles. The summed E-state index contributed by atoms with van der Waals surface area (Å²) < 4.78 is 97.1. The number of phosphoric acid groups is 2. The van der Waals surface area contributed by atoms with Gasteiger partial charge < -0.3 is 68.5 Å². The summed E-state index contributed by atoms with van der Waals surface area (Å²) in [5.74, 6) is -1.45. The molecule has 5 atom stereocenters. The van der Waals surface area contributed by atoms with Crippen LogP contribution in [0.1, 0.15) is 96.2 Å². The highest BCUT2D eigenvalue weighted by atomic mass is 31.2. The number of esters is 1. The van der Waals surface area contributed by atoms with E-state index >= 15 is 0 Å². The Balaban J connectivity index is 1.11. The number of phenolic OH excluding ortho intramolecular Hbond substituents is 2. The summed E-state index contributed by atoms with van der Waals surface area (Å²) in [6.07, 6.45) is 2.88. The summed E-state index contributed by atoms with van der Waals surface area (Å²) >= 11 is 0. The molecule has 0 aromatic heterocycles. The molecule has 0 bridgehead atoms. The monoisotopic (exact) mass is 1100 g/mol. The third kappa shape index (κ3) is 19.0.